The maximum Gasteiger partial charge on any atom is 0.115 e. The molecular formula is C17H18N2O. The number of phenolic OH excluding ortho intramolecular Hbond substituents is 1. The van der Waals surface area contributed by atoms with E-state index in [9.17, 15) is 5.11 Å². The molecule has 0 aliphatic heterocycles. The van der Waals surface area contributed by atoms with Gasteiger partial charge in [0.05, 0.1) is 5.69 Å². The number of rotatable bonds is 3. The van der Waals surface area contributed by atoms with Crippen molar-refractivity contribution in [2.75, 3.05) is 0 Å². The van der Waals surface area contributed by atoms with Crippen molar-refractivity contribution in [3.63, 3.8) is 0 Å². The van der Waals surface area contributed by atoms with Crippen molar-refractivity contribution in [3.8, 4) is 11.4 Å². The summed E-state index contributed by atoms with van der Waals surface area (Å²) >= 11 is 0. The molecule has 102 valence electrons. The Morgan fingerprint density at radius 1 is 1.25 bits per heavy atom. The number of hydrogen-bond donors (Lipinski definition) is 2. The molecule has 0 aliphatic carbocycles. The lowest BCUT2D eigenvalue weighted by Crippen LogP contribution is -2.26. The number of phenols is 1. The van der Waals surface area contributed by atoms with Gasteiger partial charge in [0.25, 0.3) is 0 Å². The Morgan fingerprint density at radius 2 is 1.85 bits per heavy atom. The van der Waals surface area contributed by atoms with E-state index >= 15 is 0 Å². The van der Waals surface area contributed by atoms with Crippen molar-refractivity contribution in [2.24, 2.45) is 0 Å². The molecule has 3 heteroatoms. The summed E-state index contributed by atoms with van der Waals surface area (Å²) in [5, 5.41) is 18.6. The molecule has 0 fully saturated rings. The van der Waals surface area contributed by atoms with Crippen LogP contribution in [0.2, 0.25) is 0 Å². The first-order valence-electron chi connectivity index (χ1n) is 6.37. The van der Waals surface area contributed by atoms with Crippen LogP contribution in [0.25, 0.3) is 24.4 Å². The predicted molar refractivity (Wildman–Crippen MR) is 84.9 cm³/mol. The van der Waals surface area contributed by atoms with Gasteiger partial charge in [-0.3, -0.25) is 0 Å². The first-order valence-corrected chi connectivity index (χ1v) is 6.37. The molecule has 0 saturated heterocycles. The third kappa shape index (κ3) is 2.07. The average molecular weight is 266 g/mol. The van der Waals surface area contributed by atoms with Gasteiger partial charge in [0.1, 0.15) is 5.75 Å². The Balaban J connectivity index is 2.89. The van der Waals surface area contributed by atoms with Gasteiger partial charge >= 0.3 is 0 Å². The summed E-state index contributed by atoms with van der Waals surface area (Å²) in [6.07, 6.45) is 3.31. The average Bonchev–Trinajstić information content (AvgIpc) is 2.71. The maximum atomic E-state index is 9.42. The highest BCUT2D eigenvalue weighted by Crippen LogP contribution is 2.20. The first-order chi connectivity index (χ1) is 9.51. The summed E-state index contributed by atoms with van der Waals surface area (Å²) < 4.78 is 1.97. The molecule has 0 aliphatic rings. The number of aromatic nitrogens is 1. The molecule has 2 rings (SSSR count). The van der Waals surface area contributed by atoms with Crippen molar-refractivity contribution >= 4 is 24.9 Å². The second kappa shape index (κ2) is 5.21. The van der Waals surface area contributed by atoms with Crippen molar-refractivity contribution in [1.82, 2.24) is 4.57 Å². The molecule has 2 N–H and O–H groups in total. The standard InChI is InChI=1S/C17H18N2O/c1-5-11(2)17-16(10-18)12(3)13(4)19(17)14-6-8-15(20)9-7-14/h5-10,18,20H,3-4H2,1-2H3. The van der Waals surface area contributed by atoms with Crippen LogP contribution in [0.3, 0.4) is 0 Å². The van der Waals surface area contributed by atoms with Gasteiger partial charge in [0, 0.05) is 28.0 Å². The third-order valence-electron chi connectivity index (χ3n) is 3.48. The minimum atomic E-state index is 0.220. The van der Waals surface area contributed by atoms with Crippen LogP contribution in [-0.4, -0.2) is 15.9 Å². The molecule has 2 aromatic rings. The van der Waals surface area contributed by atoms with Gasteiger partial charge in [-0.15, -0.1) is 0 Å². The summed E-state index contributed by atoms with van der Waals surface area (Å²) in [5.74, 6) is 0.220. The molecule has 0 atom stereocenters. The molecule has 1 aromatic heterocycles. The van der Waals surface area contributed by atoms with Gasteiger partial charge in [-0.05, 0) is 43.7 Å². The summed E-state index contributed by atoms with van der Waals surface area (Å²) in [6, 6.07) is 6.92. The highest BCUT2D eigenvalue weighted by atomic mass is 16.3. The lowest BCUT2D eigenvalue weighted by molar-refractivity contribution is 0.475. The molecule has 0 unspecified atom stereocenters. The second-order valence-electron chi connectivity index (χ2n) is 4.66. The zero-order valence-electron chi connectivity index (χ0n) is 11.8. The Morgan fingerprint density at radius 3 is 2.35 bits per heavy atom. The van der Waals surface area contributed by atoms with Crippen LogP contribution in [0.1, 0.15) is 25.1 Å². The number of aromatic hydroxyl groups is 1. The molecule has 0 saturated carbocycles. The molecule has 3 nitrogen and oxygen atoms in total. The maximum absolute atomic E-state index is 9.42. The first kappa shape index (κ1) is 13.9. The van der Waals surface area contributed by atoms with E-state index in [0.717, 1.165) is 33.1 Å². The minimum Gasteiger partial charge on any atom is -0.508 e. The number of nitrogens with zero attached hydrogens (tertiary/aromatic N) is 1. The van der Waals surface area contributed by atoms with Crippen molar-refractivity contribution < 1.29 is 5.11 Å². The lowest BCUT2D eigenvalue weighted by Gasteiger charge is -2.11. The topological polar surface area (TPSA) is 49.0 Å². The smallest absolute Gasteiger partial charge is 0.115 e. The molecule has 0 amide bonds. The molecule has 0 radical (unpaired) electrons. The number of allylic oxidation sites excluding steroid dienone is 2. The largest absolute Gasteiger partial charge is 0.508 e. The van der Waals surface area contributed by atoms with Gasteiger partial charge in [-0.1, -0.05) is 19.2 Å². The van der Waals surface area contributed by atoms with E-state index in [-0.39, 0.29) is 5.75 Å². The minimum absolute atomic E-state index is 0.220. The van der Waals surface area contributed by atoms with Gasteiger partial charge in [0.15, 0.2) is 0 Å². The van der Waals surface area contributed by atoms with Gasteiger partial charge in [-0.25, -0.2) is 0 Å². The van der Waals surface area contributed by atoms with E-state index in [4.69, 9.17) is 5.41 Å². The van der Waals surface area contributed by atoms with Crippen LogP contribution in [-0.2, 0) is 0 Å². The molecule has 0 spiro atoms. The monoisotopic (exact) mass is 266 g/mol. The van der Waals surface area contributed by atoms with Crippen LogP contribution in [0.15, 0.2) is 30.3 Å². The number of benzene rings is 1. The summed E-state index contributed by atoms with van der Waals surface area (Å²) in [5.41, 5.74) is 3.64. The highest BCUT2D eigenvalue weighted by molar-refractivity contribution is 5.86. The Labute approximate surface area is 118 Å². The zero-order chi connectivity index (χ0) is 14.9. The Bertz CT molecular complexity index is 780. The normalized spacial score (nSPS) is 11.6. The molecule has 0 bridgehead atoms. The second-order valence-corrected chi connectivity index (χ2v) is 4.66. The van der Waals surface area contributed by atoms with Gasteiger partial charge in [-0.2, -0.15) is 0 Å². The van der Waals surface area contributed by atoms with E-state index in [1.807, 2.05) is 36.6 Å². The number of hydrogen-bond acceptors (Lipinski definition) is 2. The van der Waals surface area contributed by atoms with Crippen LogP contribution >= 0.6 is 0 Å². The summed E-state index contributed by atoms with van der Waals surface area (Å²) in [7, 11) is 0. The van der Waals surface area contributed by atoms with Gasteiger partial charge < -0.3 is 15.1 Å². The van der Waals surface area contributed by atoms with E-state index in [1.54, 1.807) is 12.1 Å². The van der Waals surface area contributed by atoms with E-state index < -0.39 is 0 Å². The van der Waals surface area contributed by atoms with Crippen LogP contribution in [0.5, 0.6) is 5.75 Å². The van der Waals surface area contributed by atoms with E-state index in [1.165, 1.54) is 6.21 Å². The Kier molecular flexibility index (Phi) is 3.61. The third-order valence-corrected chi connectivity index (χ3v) is 3.48. The van der Waals surface area contributed by atoms with Crippen molar-refractivity contribution in [2.45, 2.75) is 13.8 Å². The van der Waals surface area contributed by atoms with Crippen LogP contribution in [0, 0.1) is 5.41 Å². The quantitative estimate of drug-likeness (QED) is 0.824. The zero-order valence-corrected chi connectivity index (χ0v) is 11.8. The fourth-order valence-electron chi connectivity index (χ4n) is 2.26. The summed E-state index contributed by atoms with van der Waals surface area (Å²) in [6.45, 7) is 12.1. The van der Waals surface area contributed by atoms with Crippen molar-refractivity contribution in [1.29, 1.82) is 5.41 Å². The SMILES string of the molecule is C=c1c(C=N)c(C(C)=CC)n(-c2ccc(O)cc2)c1=C. The van der Waals surface area contributed by atoms with Crippen molar-refractivity contribution in [3.05, 3.63) is 52.2 Å². The molecule has 1 aromatic carbocycles. The van der Waals surface area contributed by atoms with Gasteiger partial charge in [0.2, 0.25) is 0 Å². The van der Waals surface area contributed by atoms with Crippen LogP contribution in [0.4, 0.5) is 0 Å². The van der Waals surface area contributed by atoms with Crippen LogP contribution < -0.4 is 10.6 Å². The predicted octanol–water partition coefficient (Wildman–Crippen LogP) is 2.42. The fraction of sp³-hybridized carbons (Fsp3) is 0.118. The molecular weight excluding hydrogens is 248 g/mol. The van der Waals surface area contributed by atoms with E-state index in [0.29, 0.717) is 0 Å². The highest BCUT2D eigenvalue weighted by Gasteiger charge is 2.14. The molecule has 1 heterocycles. The summed E-state index contributed by atoms with van der Waals surface area (Å²) in [4.78, 5) is 0. The fourth-order valence-corrected chi connectivity index (χ4v) is 2.26. The van der Waals surface area contributed by atoms with E-state index in [2.05, 4.69) is 13.2 Å². The molecule has 20 heavy (non-hydrogen) atoms. The Hall–Kier alpha value is -2.55. The lowest BCUT2D eigenvalue weighted by atomic mass is 10.1. The number of nitrogens with one attached hydrogen (secondary N) is 1.